The van der Waals surface area contributed by atoms with Gasteiger partial charge >= 0.3 is 0 Å². The van der Waals surface area contributed by atoms with Crippen molar-refractivity contribution in [1.29, 1.82) is 0 Å². The fraction of sp³-hybridized carbons (Fsp3) is 0.444. The van der Waals surface area contributed by atoms with Crippen molar-refractivity contribution >= 4 is 11.1 Å². The molecule has 1 aliphatic rings. The number of hydrogen-bond donors (Lipinski definition) is 0. The molecule has 5 heteroatoms. The summed E-state index contributed by atoms with van der Waals surface area (Å²) in [6.45, 7) is 6.28. The summed E-state index contributed by atoms with van der Waals surface area (Å²) < 4.78 is 8.18. The summed E-state index contributed by atoms with van der Waals surface area (Å²) in [5, 5.41) is 0. The molecule has 23 heavy (non-hydrogen) atoms. The van der Waals surface area contributed by atoms with E-state index in [9.17, 15) is 0 Å². The van der Waals surface area contributed by atoms with E-state index >= 15 is 0 Å². The van der Waals surface area contributed by atoms with Crippen LogP contribution < -0.4 is 0 Å². The van der Waals surface area contributed by atoms with Crippen LogP contribution in [0.15, 0.2) is 41.1 Å². The standard InChI is InChI=1S/C18H22N4O/c1-14-19-8-10-22(14)12-11-21-9-4-5-15(13-21)18-20-16-6-2-3-7-17(16)23-18/h2-3,6-8,10,15H,4-5,9,11-13H2,1H3. The minimum Gasteiger partial charge on any atom is -0.440 e. The van der Waals surface area contributed by atoms with Crippen molar-refractivity contribution in [3.63, 3.8) is 0 Å². The Hall–Kier alpha value is -2.14. The highest BCUT2D eigenvalue weighted by molar-refractivity contribution is 5.72. The maximum absolute atomic E-state index is 5.97. The van der Waals surface area contributed by atoms with E-state index in [4.69, 9.17) is 4.42 Å². The zero-order valence-electron chi connectivity index (χ0n) is 13.5. The number of aromatic nitrogens is 3. The summed E-state index contributed by atoms with van der Waals surface area (Å²) in [5.41, 5.74) is 1.86. The second-order valence-corrected chi connectivity index (χ2v) is 6.33. The van der Waals surface area contributed by atoms with Crippen LogP contribution in [0.5, 0.6) is 0 Å². The summed E-state index contributed by atoms with van der Waals surface area (Å²) in [6.07, 6.45) is 6.28. The molecule has 0 radical (unpaired) electrons. The summed E-state index contributed by atoms with van der Waals surface area (Å²) >= 11 is 0. The molecule has 1 aliphatic heterocycles. The lowest BCUT2D eigenvalue weighted by Crippen LogP contribution is -2.36. The second-order valence-electron chi connectivity index (χ2n) is 6.33. The largest absolute Gasteiger partial charge is 0.440 e. The van der Waals surface area contributed by atoms with E-state index in [0.29, 0.717) is 5.92 Å². The van der Waals surface area contributed by atoms with Gasteiger partial charge in [0, 0.05) is 37.9 Å². The SMILES string of the molecule is Cc1nccn1CCN1CCCC(c2nc3ccccc3o2)C1. The van der Waals surface area contributed by atoms with Gasteiger partial charge in [-0.2, -0.15) is 0 Å². The van der Waals surface area contributed by atoms with Gasteiger partial charge in [-0.15, -0.1) is 0 Å². The van der Waals surface area contributed by atoms with Crippen molar-refractivity contribution in [3.05, 3.63) is 48.4 Å². The van der Waals surface area contributed by atoms with Crippen molar-refractivity contribution in [2.24, 2.45) is 0 Å². The molecule has 1 atom stereocenters. The van der Waals surface area contributed by atoms with Crippen LogP contribution in [0, 0.1) is 6.92 Å². The van der Waals surface area contributed by atoms with Gasteiger partial charge in [0.2, 0.25) is 0 Å². The number of piperidine rings is 1. The highest BCUT2D eigenvalue weighted by atomic mass is 16.3. The number of fused-ring (bicyclic) bond motifs is 1. The number of hydrogen-bond acceptors (Lipinski definition) is 4. The van der Waals surface area contributed by atoms with Crippen molar-refractivity contribution in [3.8, 4) is 0 Å². The molecule has 1 unspecified atom stereocenters. The minimum absolute atomic E-state index is 0.403. The molecule has 0 N–H and O–H groups in total. The van der Waals surface area contributed by atoms with Gasteiger partial charge in [0.1, 0.15) is 11.3 Å². The Morgan fingerprint density at radius 2 is 2.17 bits per heavy atom. The third-order valence-corrected chi connectivity index (χ3v) is 4.75. The molecular formula is C18H22N4O. The van der Waals surface area contributed by atoms with Gasteiger partial charge < -0.3 is 13.9 Å². The molecule has 1 aromatic carbocycles. The summed E-state index contributed by atoms with van der Waals surface area (Å²) in [4.78, 5) is 11.5. The predicted molar refractivity (Wildman–Crippen MR) is 89.4 cm³/mol. The van der Waals surface area contributed by atoms with Gasteiger partial charge in [0.15, 0.2) is 11.5 Å². The maximum atomic E-state index is 5.97. The molecule has 3 aromatic rings. The molecular weight excluding hydrogens is 288 g/mol. The second kappa shape index (κ2) is 6.16. The zero-order valence-corrected chi connectivity index (χ0v) is 13.5. The molecule has 0 saturated carbocycles. The van der Waals surface area contributed by atoms with Crippen LogP contribution in [0.1, 0.15) is 30.5 Å². The van der Waals surface area contributed by atoms with Crippen LogP contribution in [0.2, 0.25) is 0 Å². The first-order valence-electron chi connectivity index (χ1n) is 8.35. The molecule has 0 amide bonds. The topological polar surface area (TPSA) is 47.1 Å². The lowest BCUT2D eigenvalue weighted by Gasteiger charge is -2.31. The van der Waals surface area contributed by atoms with E-state index in [1.807, 2.05) is 30.5 Å². The van der Waals surface area contributed by atoms with Gasteiger partial charge in [-0.05, 0) is 38.4 Å². The molecule has 1 fully saturated rings. The van der Waals surface area contributed by atoms with Crippen molar-refractivity contribution in [2.45, 2.75) is 32.2 Å². The number of likely N-dealkylation sites (tertiary alicyclic amines) is 1. The quantitative estimate of drug-likeness (QED) is 0.742. The van der Waals surface area contributed by atoms with Crippen molar-refractivity contribution in [1.82, 2.24) is 19.4 Å². The number of aryl methyl sites for hydroxylation is 1. The van der Waals surface area contributed by atoms with E-state index in [1.165, 1.54) is 6.42 Å². The third-order valence-electron chi connectivity index (χ3n) is 4.75. The van der Waals surface area contributed by atoms with Gasteiger partial charge in [-0.1, -0.05) is 12.1 Å². The highest BCUT2D eigenvalue weighted by Gasteiger charge is 2.25. The first-order valence-corrected chi connectivity index (χ1v) is 8.35. The maximum Gasteiger partial charge on any atom is 0.199 e. The fourth-order valence-corrected chi connectivity index (χ4v) is 3.41. The van der Waals surface area contributed by atoms with Crippen LogP contribution in [-0.4, -0.2) is 39.1 Å². The first-order chi connectivity index (χ1) is 11.3. The average Bonchev–Trinajstić information content (AvgIpc) is 3.19. The van der Waals surface area contributed by atoms with E-state index in [0.717, 1.165) is 55.4 Å². The Labute approximate surface area is 135 Å². The Kier molecular flexibility index (Phi) is 3.87. The third kappa shape index (κ3) is 3.01. The molecule has 3 heterocycles. The molecule has 1 saturated heterocycles. The van der Waals surface area contributed by atoms with Crippen LogP contribution in [0.3, 0.4) is 0 Å². The minimum atomic E-state index is 0.403. The number of oxazole rings is 1. The van der Waals surface area contributed by atoms with Crippen LogP contribution in [0.4, 0.5) is 0 Å². The number of nitrogens with zero attached hydrogens (tertiary/aromatic N) is 4. The van der Waals surface area contributed by atoms with Crippen LogP contribution in [0.25, 0.3) is 11.1 Å². The molecule has 5 nitrogen and oxygen atoms in total. The average molecular weight is 310 g/mol. The summed E-state index contributed by atoms with van der Waals surface area (Å²) in [5.74, 6) is 2.38. The molecule has 4 rings (SSSR count). The lowest BCUT2D eigenvalue weighted by atomic mass is 9.98. The van der Waals surface area contributed by atoms with E-state index < -0.39 is 0 Å². The normalized spacial score (nSPS) is 19.4. The fourth-order valence-electron chi connectivity index (χ4n) is 3.41. The Morgan fingerprint density at radius 1 is 1.26 bits per heavy atom. The number of imidazole rings is 1. The van der Waals surface area contributed by atoms with E-state index in [-0.39, 0.29) is 0 Å². The van der Waals surface area contributed by atoms with E-state index in [1.54, 1.807) is 0 Å². The molecule has 2 aromatic heterocycles. The smallest absolute Gasteiger partial charge is 0.199 e. The monoisotopic (exact) mass is 310 g/mol. The van der Waals surface area contributed by atoms with Crippen LogP contribution >= 0.6 is 0 Å². The zero-order chi connectivity index (χ0) is 15.6. The lowest BCUT2D eigenvalue weighted by molar-refractivity contribution is 0.188. The molecule has 0 bridgehead atoms. The van der Waals surface area contributed by atoms with E-state index in [2.05, 4.69) is 32.6 Å². The van der Waals surface area contributed by atoms with Crippen molar-refractivity contribution in [2.75, 3.05) is 19.6 Å². The summed E-state index contributed by atoms with van der Waals surface area (Å²) in [6, 6.07) is 8.02. The molecule has 120 valence electrons. The number of para-hydroxylation sites is 2. The summed E-state index contributed by atoms with van der Waals surface area (Å²) in [7, 11) is 0. The molecule has 0 spiro atoms. The van der Waals surface area contributed by atoms with Crippen LogP contribution in [-0.2, 0) is 6.54 Å². The first kappa shape index (κ1) is 14.5. The molecule has 0 aliphatic carbocycles. The Bertz CT molecular complexity index is 758. The highest BCUT2D eigenvalue weighted by Crippen LogP contribution is 2.28. The van der Waals surface area contributed by atoms with Gasteiger partial charge in [-0.3, -0.25) is 0 Å². The predicted octanol–water partition coefficient (Wildman–Crippen LogP) is 3.21. The van der Waals surface area contributed by atoms with Gasteiger partial charge in [-0.25, -0.2) is 9.97 Å². The van der Waals surface area contributed by atoms with Gasteiger partial charge in [0.05, 0.1) is 0 Å². The number of rotatable bonds is 4. The Balaban J connectivity index is 1.43. The number of benzene rings is 1. The van der Waals surface area contributed by atoms with Crippen molar-refractivity contribution < 1.29 is 4.42 Å². The van der Waals surface area contributed by atoms with Gasteiger partial charge in [0.25, 0.3) is 0 Å². The Morgan fingerprint density at radius 3 is 3.00 bits per heavy atom.